The molecule has 1 atom stereocenters. The average Bonchev–Trinajstić information content (AvgIpc) is 3.04. The molecule has 5 rings (SSSR count). The highest BCUT2D eigenvalue weighted by Crippen LogP contribution is 2.46. The lowest BCUT2D eigenvalue weighted by Gasteiger charge is -2.47. The van der Waals surface area contributed by atoms with Crippen molar-refractivity contribution in [1.29, 1.82) is 0 Å². The van der Waals surface area contributed by atoms with Crippen molar-refractivity contribution in [3.05, 3.63) is 75.1 Å². The predicted molar refractivity (Wildman–Crippen MR) is 188 cm³/mol. The number of thioether (sulfide) groups is 1. The number of alkyl halides is 3. The smallest absolute Gasteiger partial charge is 0.446 e. The Labute approximate surface area is 294 Å². The number of halogens is 4. The van der Waals surface area contributed by atoms with Gasteiger partial charge in [0.1, 0.15) is 5.58 Å². The van der Waals surface area contributed by atoms with Gasteiger partial charge in [-0.3, -0.25) is 14.4 Å². The molecule has 0 bridgehead atoms. The Hall–Kier alpha value is -3.02. The molecular weight excluding hydrogens is 675 g/mol. The van der Waals surface area contributed by atoms with Crippen molar-refractivity contribution in [3.63, 3.8) is 0 Å². The van der Waals surface area contributed by atoms with E-state index < -0.39 is 16.8 Å². The minimum atomic E-state index is -4.50. The summed E-state index contributed by atoms with van der Waals surface area (Å²) < 4.78 is 44.3. The molecule has 1 saturated carbocycles. The van der Waals surface area contributed by atoms with Gasteiger partial charge in [-0.1, -0.05) is 43.0 Å². The average molecular weight is 720 g/mol. The zero-order valence-electron chi connectivity index (χ0n) is 28.3. The van der Waals surface area contributed by atoms with E-state index in [0.29, 0.717) is 30.3 Å². The second-order valence-corrected chi connectivity index (χ2v) is 16.1. The van der Waals surface area contributed by atoms with Gasteiger partial charge in [-0.05, 0) is 126 Å². The molecule has 1 aliphatic carbocycles. The monoisotopic (exact) mass is 719 g/mol. The summed E-state index contributed by atoms with van der Waals surface area (Å²) in [6, 6.07) is 11.7. The number of nitrogens with one attached hydrogen (secondary N) is 2. The van der Waals surface area contributed by atoms with Crippen molar-refractivity contribution in [2.45, 2.75) is 101 Å². The molecule has 0 radical (unpaired) electrons. The van der Waals surface area contributed by atoms with E-state index in [2.05, 4.69) is 15.5 Å². The van der Waals surface area contributed by atoms with E-state index in [9.17, 15) is 27.6 Å². The number of carbonyl (C=O) groups is 2. The van der Waals surface area contributed by atoms with Crippen LogP contribution in [0.25, 0.3) is 11.0 Å². The van der Waals surface area contributed by atoms with Crippen LogP contribution in [-0.4, -0.2) is 53.4 Å². The largest absolute Gasteiger partial charge is 0.451 e. The van der Waals surface area contributed by atoms with Crippen molar-refractivity contribution in [2.75, 3.05) is 19.6 Å². The van der Waals surface area contributed by atoms with E-state index >= 15 is 0 Å². The van der Waals surface area contributed by atoms with Crippen molar-refractivity contribution in [3.8, 4) is 0 Å². The van der Waals surface area contributed by atoms with Crippen LogP contribution >= 0.6 is 23.4 Å². The van der Waals surface area contributed by atoms with E-state index in [1.165, 1.54) is 31.4 Å². The summed E-state index contributed by atoms with van der Waals surface area (Å²) in [5.74, 6) is -0.239. The van der Waals surface area contributed by atoms with E-state index in [4.69, 9.17) is 16.0 Å². The molecule has 2 heterocycles. The first-order valence-corrected chi connectivity index (χ1v) is 18.2. The number of fused-ring (bicyclic) bond motifs is 1. The summed E-state index contributed by atoms with van der Waals surface area (Å²) in [5, 5.41) is 6.90. The molecule has 2 aromatic carbocycles. The van der Waals surface area contributed by atoms with Crippen LogP contribution in [0.15, 0.2) is 62.6 Å². The normalized spacial score (nSPS) is 18.3. The number of hydrogen-bond acceptors (Lipinski definition) is 6. The standard InChI is InChI=1S/C37H45ClF3N3O4S/c1-35(2,3)43-34(47)36(25-7-5-4-6-8-25)16-19-44(20-17-36)18-15-27(21-24-9-11-26(38)12-10-24)42-33(46)32-23-30(45)29-22-28(49-37(39,40)41)13-14-31(29)48-32/h9-14,22-23,25,27H,4-8,15-21H2,1-3H3,(H,42,46)(H,43,47)/t27-/m1/s1. The molecule has 1 aromatic heterocycles. The molecule has 3 aromatic rings. The second kappa shape index (κ2) is 15.5. The molecule has 2 fully saturated rings. The maximum absolute atomic E-state index is 13.8. The third-order valence-electron chi connectivity index (χ3n) is 9.76. The fourth-order valence-electron chi connectivity index (χ4n) is 7.29. The molecule has 2 aliphatic rings. The SMILES string of the molecule is CC(C)(C)NC(=O)C1(C2CCCCC2)CCN(CC[C@H](Cc2ccc(Cl)cc2)NC(=O)c2cc(=O)c3cc(SC(F)(F)F)ccc3o2)CC1. The highest BCUT2D eigenvalue weighted by atomic mass is 35.5. The van der Waals surface area contributed by atoms with Gasteiger partial charge in [-0.15, -0.1) is 0 Å². The Morgan fingerprint density at radius 3 is 2.33 bits per heavy atom. The van der Waals surface area contributed by atoms with E-state index in [1.807, 2.05) is 32.9 Å². The van der Waals surface area contributed by atoms with Crippen LogP contribution < -0.4 is 16.1 Å². The Morgan fingerprint density at radius 2 is 1.69 bits per heavy atom. The molecule has 0 unspecified atom stereocenters. The number of carbonyl (C=O) groups excluding carboxylic acids is 2. The predicted octanol–water partition coefficient (Wildman–Crippen LogP) is 8.37. The van der Waals surface area contributed by atoms with Crippen LogP contribution in [0.2, 0.25) is 5.02 Å². The zero-order chi connectivity index (χ0) is 35.4. The van der Waals surface area contributed by atoms with Gasteiger partial charge in [0.25, 0.3) is 5.91 Å². The van der Waals surface area contributed by atoms with E-state index in [0.717, 1.165) is 56.5 Å². The van der Waals surface area contributed by atoms with E-state index in [1.54, 1.807) is 12.1 Å². The van der Waals surface area contributed by atoms with Crippen LogP contribution in [0.3, 0.4) is 0 Å². The fraction of sp³-hybridized carbons (Fsp3) is 0.541. The van der Waals surface area contributed by atoms with Gasteiger partial charge < -0.3 is 20.0 Å². The van der Waals surface area contributed by atoms with Crippen molar-refractivity contribution < 1.29 is 27.2 Å². The van der Waals surface area contributed by atoms with Gasteiger partial charge in [0.15, 0.2) is 11.2 Å². The number of amides is 2. The summed E-state index contributed by atoms with van der Waals surface area (Å²) in [6.45, 7) is 8.34. The first-order valence-electron chi connectivity index (χ1n) is 17.0. The van der Waals surface area contributed by atoms with Crippen LogP contribution in [0.4, 0.5) is 13.2 Å². The molecule has 2 amide bonds. The molecule has 12 heteroatoms. The van der Waals surface area contributed by atoms with Gasteiger partial charge in [0.2, 0.25) is 5.91 Å². The fourth-order valence-corrected chi connectivity index (χ4v) is 7.99. The molecule has 2 N–H and O–H groups in total. The Bertz CT molecular complexity index is 1680. The summed E-state index contributed by atoms with van der Waals surface area (Å²) >= 11 is 5.79. The Morgan fingerprint density at radius 1 is 1.02 bits per heavy atom. The Balaban J connectivity index is 1.29. The van der Waals surface area contributed by atoms with Gasteiger partial charge in [0, 0.05) is 34.1 Å². The van der Waals surface area contributed by atoms with Gasteiger partial charge >= 0.3 is 5.51 Å². The molecular formula is C37H45ClF3N3O4S. The lowest BCUT2D eigenvalue weighted by atomic mass is 9.63. The van der Waals surface area contributed by atoms with Crippen LogP contribution in [0.5, 0.6) is 0 Å². The highest BCUT2D eigenvalue weighted by molar-refractivity contribution is 8.00. The van der Waals surface area contributed by atoms with Crippen LogP contribution in [0.1, 0.15) is 88.3 Å². The minimum absolute atomic E-state index is 0.0312. The Kier molecular flexibility index (Phi) is 11.8. The highest BCUT2D eigenvalue weighted by Gasteiger charge is 2.48. The zero-order valence-corrected chi connectivity index (χ0v) is 29.8. The molecule has 1 saturated heterocycles. The van der Waals surface area contributed by atoms with Crippen molar-refractivity contribution in [1.82, 2.24) is 15.5 Å². The molecule has 0 spiro atoms. The number of likely N-dealkylation sites (tertiary alicyclic amines) is 1. The molecule has 49 heavy (non-hydrogen) atoms. The lowest BCUT2D eigenvalue weighted by Crippen LogP contribution is -2.56. The minimum Gasteiger partial charge on any atom is -0.451 e. The molecule has 1 aliphatic heterocycles. The maximum atomic E-state index is 13.8. The molecule has 7 nitrogen and oxygen atoms in total. The number of rotatable bonds is 10. The number of hydrogen-bond donors (Lipinski definition) is 2. The summed E-state index contributed by atoms with van der Waals surface area (Å²) in [4.78, 5) is 42.4. The number of nitrogens with zero attached hydrogens (tertiary/aromatic N) is 1. The first kappa shape index (κ1) is 37.2. The van der Waals surface area contributed by atoms with Crippen molar-refractivity contribution in [2.24, 2.45) is 11.3 Å². The van der Waals surface area contributed by atoms with Crippen molar-refractivity contribution >= 4 is 46.1 Å². The van der Waals surface area contributed by atoms with Crippen LogP contribution in [0, 0.1) is 11.3 Å². The first-order chi connectivity index (χ1) is 23.1. The number of benzene rings is 2. The third kappa shape index (κ3) is 10.0. The van der Waals surface area contributed by atoms with E-state index in [-0.39, 0.29) is 56.3 Å². The topological polar surface area (TPSA) is 91.7 Å². The van der Waals surface area contributed by atoms with Gasteiger partial charge in [-0.2, -0.15) is 13.2 Å². The molecule has 266 valence electrons. The number of piperidine rings is 1. The van der Waals surface area contributed by atoms with Gasteiger partial charge in [-0.25, -0.2) is 0 Å². The summed E-state index contributed by atoms with van der Waals surface area (Å²) in [7, 11) is 0. The lowest BCUT2D eigenvalue weighted by molar-refractivity contribution is -0.141. The second-order valence-electron chi connectivity index (χ2n) is 14.5. The summed E-state index contributed by atoms with van der Waals surface area (Å²) in [6.07, 6.45) is 8.43. The third-order valence-corrected chi connectivity index (χ3v) is 10.7. The van der Waals surface area contributed by atoms with Gasteiger partial charge in [0.05, 0.1) is 10.8 Å². The quantitative estimate of drug-likeness (QED) is 0.205. The maximum Gasteiger partial charge on any atom is 0.446 e. The van der Waals surface area contributed by atoms with Crippen LogP contribution in [-0.2, 0) is 11.2 Å². The summed E-state index contributed by atoms with van der Waals surface area (Å²) in [5.41, 5.74) is -4.78.